The number of aliphatic hydroxyl groups excluding tert-OH is 2. The van der Waals surface area contributed by atoms with E-state index in [1.807, 2.05) is 6.08 Å². The van der Waals surface area contributed by atoms with Crippen LogP contribution in [0.25, 0.3) is 0 Å². The molecule has 0 saturated heterocycles. The van der Waals surface area contributed by atoms with E-state index in [2.05, 4.69) is 31.3 Å². The Labute approximate surface area is 475 Å². The minimum Gasteiger partial charge on any atom is -0.466 e. The molecule has 0 rings (SSSR count). The van der Waals surface area contributed by atoms with E-state index in [1.54, 1.807) is 6.08 Å². The predicted molar refractivity (Wildman–Crippen MR) is 333 cm³/mol. The van der Waals surface area contributed by atoms with Crippen molar-refractivity contribution >= 4 is 11.9 Å². The number of allylic oxidation sites excluding steroid dienone is 3. The molecule has 6 nitrogen and oxygen atoms in total. The SMILES string of the molecule is CCCCCCCCC/C=C\CCCCCCCC(=O)OCCCCCCCCCCCCCCCCCCCCCCCCCCCCCCCCCCCC(=O)NC(CO)C(O)/C=C/CCCCCCCCCC. The molecule has 1 amide bonds. The molecule has 76 heavy (non-hydrogen) atoms. The lowest BCUT2D eigenvalue weighted by Gasteiger charge is -2.20. The van der Waals surface area contributed by atoms with E-state index in [-0.39, 0.29) is 18.5 Å². The average Bonchev–Trinajstić information content (AvgIpc) is 3.42. The molecule has 0 fully saturated rings. The minimum atomic E-state index is -0.839. The highest BCUT2D eigenvalue weighted by Gasteiger charge is 2.18. The number of esters is 1. The fourth-order valence-electron chi connectivity index (χ4n) is 10.9. The van der Waals surface area contributed by atoms with Crippen molar-refractivity contribution in [3.8, 4) is 0 Å². The lowest BCUT2D eigenvalue weighted by Crippen LogP contribution is -2.45. The van der Waals surface area contributed by atoms with Crippen LogP contribution in [-0.2, 0) is 14.3 Å². The molecule has 0 aliphatic carbocycles. The second-order valence-corrected chi connectivity index (χ2v) is 23.9. The highest BCUT2D eigenvalue weighted by molar-refractivity contribution is 5.76. The summed E-state index contributed by atoms with van der Waals surface area (Å²) in [5.41, 5.74) is 0. The van der Waals surface area contributed by atoms with Gasteiger partial charge in [-0.25, -0.2) is 0 Å². The third kappa shape index (κ3) is 61.6. The number of unbranched alkanes of at least 4 members (excludes halogenated alkanes) is 52. The molecule has 0 spiro atoms. The van der Waals surface area contributed by atoms with E-state index in [1.165, 1.54) is 315 Å². The van der Waals surface area contributed by atoms with Gasteiger partial charge in [0, 0.05) is 12.8 Å². The van der Waals surface area contributed by atoms with Crippen molar-refractivity contribution in [2.24, 2.45) is 0 Å². The van der Waals surface area contributed by atoms with Crippen molar-refractivity contribution < 1.29 is 24.5 Å². The quantitative estimate of drug-likeness (QED) is 0.0320. The van der Waals surface area contributed by atoms with Crippen LogP contribution in [0.2, 0.25) is 0 Å². The lowest BCUT2D eigenvalue weighted by atomic mass is 10.0. The number of ether oxygens (including phenoxy) is 1. The Bertz CT molecular complexity index is 1190. The fourth-order valence-corrected chi connectivity index (χ4v) is 10.9. The number of carbonyl (C=O) groups is 2. The fraction of sp³-hybridized carbons (Fsp3) is 0.914. The second kappa shape index (κ2) is 65.9. The first-order valence-electron chi connectivity index (χ1n) is 34.6. The van der Waals surface area contributed by atoms with E-state index in [9.17, 15) is 19.8 Å². The van der Waals surface area contributed by atoms with Crippen molar-refractivity contribution in [1.82, 2.24) is 5.32 Å². The molecule has 0 saturated carbocycles. The molecule has 0 heterocycles. The summed E-state index contributed by atoms with van der Waals surface area (Å²) in [5, 5.41) is 23.0. The summed E-state index contributed by atoms with van der Waals surface area (Å²) in [7, 11) is 0. The highest BCUT2D eigenvalue weighted by atomic mass is 16.5. The van der Waals surface area contributed by atoms with Crippen molar-refractivity contribution in [3.05, 3.63) is 24.3 Å². The third-order valence-electron chi connectivity index (χ3n) is 16.2. The van der Waals surface area contributed by atoms with Crippen molar-refractivity contribution in [1.29, 1.82) is 0 Å². The van der Waals surface area contributed by atoms with Crippen LogP contribution in [-0.4, -0.2) is 47.4 Å². The number of amides is 1. The maximum absolute atomic E-state index is 12.4. The normalized spacial score (nSPS) is 12.6. The van der Waals surface area contributed by atoms with Crippen LogP contribution < -0.4 is 5.32 Å². The molecule has 0 aliphatic heterocycles. The summed E-state index contributed by atoms with van der Waals surface area (Å²) in [5.74, 6) is -0.0491. The van der Waals surface area contributed by atoms with Gasteiger partial charge in [-0.05, 0) is 57.8 Å². The van der Waals surface area contributed by atoms with Gasteiger partial charge in [0.1, 0.15) is 0 Å². The summed E-state index contributed by atoms with van der Waals surface area (Å²) in [6.45, 7) is 4.91. The molecule has 0 aliphatic rings. The Morgan fingerprint density at radius 2 is 0.618 bits per heavy atom. The van der Waals surface area contributed by atoms with Crippen LogP contribution in [0.1, 0.15) is 386 Å². The predicted octanol–water partition coefficient (Wildman–Crippen LogP) is 22.1. The maximum Gasteiger partial charge on any atom is 0.305 e. The van der Waals surface area contributed by atoms with Gasteiger partial charge in [-0.2, -0.15) is 0 Å². The molecule has 2 atom stereocenters. The third-order valence-corrected chi connectivity index (χ3v) is 16.2. The second-order valence-electron chi connectivity index (χ2n) is 23.9. The first-order valence-corrected chi connectivity index (χ1v) is 34.6. The van der Waals surface area contributed by atoms with Gasteiger partial charge < -0.3 is 20.3 Å². The van der Waals surface area contributed by atoms with E-state index >= 15 is 0 Å². The van der Waals surface area contributed by atoms with Crippen LogP contribution in [0, 0.1) is 0 Å². The molecule has 0 radical (unpaired) electrons. The van der Waals surface area contributed by atoms with E-state index in [4.69, 9.17) is 4.74 Å². The van der Waals surface area contributed by atoms with Crippen LogP contribution >= 0.6 is 0 Å². The Balaban J connectivity index is 3.29. The molecular weight excluding hydrogens is 935 g/mol. The van der Waals surface area contributed by atoms with E-state index in [0.717, 1.165) is 44.9 Å². The number of aliphatic hydroxyl groups is 2. The van der Waals surface area contributed by atoms with Crippen molar-refractivity contribution in [3.63, 3.8) is 0 Å². The van der Waals surface area contributed by atoms with Crippen molar-refractivity contribution in [2.45, 2.75) is 398 Å². The number of nitrogens with one attached hydrogen (secondary N) is 1. The lowest BCUT2D eigenvalue weighted by molar-refractivity contribution is -0.143. The van der Waals surface area contributed by atoms with Gasteiger partial charge in [-0.1, -0.05) is 340 Å². The maximum atomic E-state index is 12.4. The molecule has 3 N–H and O–H groups in total. The summed E-state index contributed by atoms with van der Waals surface area (Å²) in [6.07, 6.45) is 82.8. The van der Waals surface area contributed by atoms with E-state index < -0.39 is 12.1 Å². The number of carbonyl (C=O) groups excluding carboxylic acids is 2. The van der Waals surface area contributed by atoms with Crippen LogP contribution in [0.15, 0.2) is 24.3 Å². The summed E-state index contributed by atoms with van der Waals surface area (Å²) < 4.78 is 5.50. The average molecular weight is 1070 g/mol. The molecule has 0 aromatic rings. The zero-order chi connectivity index (χ0) is 55.0. The Hall–Kier alpha value is -1.66. The summed E-state index contributed by atoms with van der Waals surface area (Å²) in [4.78, 5) is 24.5. The number of rotatable bonds is 65. The van der Waals surface area contributed by atoms with Crippen LogP contribution in [0.3, 0.4) is 0 Å². The van der Waals surface area contributed by atoms with Crippen LogP contribution in [0.4, 0.5) is 0 Å². The Morgan fingerprint density at radius 1 is 0.355 bits per heavy atom. The minimum absolute atomic E-state index is 0.0145. The molecular formula is C70H135NO5. The number of hydrogen-bond acceptors (Lipinski definition) is 5. The van der Waals surface area contributed by atoms with Gasteiger partial charge >= 0.3 is 5.97 Å². The Morgan fingerprint density at radius 3 is 0.934 bits per heavy atom. The van der Waals surface area contributed by atoms with Crippen LogP contribution in [0.5, 0.6) is 0 Å². The van der Waals surface area contributed by atoms with Gasteiger partial charge in [0.2, 0.25) is 5.91 Å². The molecule has 0 aromatic heterocycles. The summed E-state index contributed by atoms with van der Waals surface area (Å²) >= 11 is 0. The molecule has 0 aromatic carbocycles. The molecule has 6 heteroatoms. The summed E-state index contributed by atoms with van der Waals surface area (Å²) in [6, 6.07) is -0.622. The zero-order valence-corrected chi connectivity index (χ0v) is 51.5. The first kappa shape index (κ1) is 74.3. The topological polar surface area (TPSA) is 95.9 Å². The zero-order valence-electron chi connectivity index (χ0n) is 51.5. The molecule has 0 bridgehead atoms. The largest absolute Gasteiger partial charge is 0.466 e. The molecule has 450 valence electrons. The van der Waals surface area contributed by atoms with Gasteiger partial charge in [0.15, 0.2) is 0 Å². The van der Waals surface area contributed by atoms with Gasteiger partial charge in [0.25, 0.3) is 0 Å². The van der Waals surface area contributed by atoms with E-state index in [0.29, 0.717) is 19.4 Å². The monoisotopic (exact) mass is 1070 g/mol. The smallest absolute Gasteiger partial charge is 0.305 e. The number of hydrogen-bond donors (Lipinski definition) is 3. The first-order chi connectivity index (χ1) is 37.5. The van der Waals surface area contributed by atoms with Gasteiger partial charge in [0.05, 0.1) is 25.4 Å². The highest BCUT2D eigenvalue weighted by Crippen LogP contribution is 2.19. The van der Waals surface area contributed by atoms with Crippen molar-refractivity contribution in [2.75, 3.05) is 13.2 Å². The Kier molecular flexibility index (Phi) is 64.4. The van der Waals surface area contributed by atoms with Gasteiger partial charge in [-0.15, -0.1) is 0 Å². The standard InChI is InChI=1S/C70H135NO5/c1-3-5-7-9-11-13-15-16-17-38-41-44-48-52-56-60-64-70(75)76-65-61-57-53-49-45-42-39-36-34-32-30-28-26-24-22-20-18-19-21-23-25-27-29-31-33-35-37-40-43-47-51-55-59-63-69(74)71-67(66-72)68(73)62-58-54-50-46-14-12-10-8-6-4-2/h17,38,58,62,67-68,72-73H,3-16,18-37,39-57,59-61,63-66H2,1-2H3,(H,71,74)/b38-17-,62-58+. The van der Waals surface area contributed by atoms with Gasteiger partial charge in [-0.3, -0.25) is 9.59 Å². The molecule has 2 unspecified atom stereocenters.